The zero-order valence-corrected chi connectivity index (χ0v) is 13.8. The van der Waals surface area contributed by atoms with E-state index in [-0.39, 0.29) is 0 Å². The topological polar surface area (TPSA) is 42.8 Å². The van der Waals surface area contributed by atoms with Crippen LogP contribution in [-0.4, -0.2) is 30.0 Å². The standard InChI is InChI=1S/C19H25N3/c1-4-19(22(2)3)15-7-5-6-14(15)17-12-21-18-9-8-13(11-20)10-16(17)18/h8-10,12,14-15,19,21H,4-7H2,1-3H3. The summed E-state index contributed by atoms with van der Waals surface area (Å²) >= 11 is 0. The maximum absolute atomic E-state index is 9.17. The van der Waals surface area contributed by atoms with Gasteiger partial charge in [0.15, 0.2) is 0 Å². The Hall–Kier alpha value is -1.79. The number of hydrogen-bond acceptors (Lipinski definition) is 2. The molecule has 0 spiro atoms. The Kier molecular flexibility index (Phi) is 4.22. The van der Waals surface area contributed by atoms with Crippen molar-refractivity contribution in [2.45, 2.75) is 44.6 Å². The van der Waals surface area contributed by atoms with Crippen LogP contribution in [0, 0.1) is 17.2 Å². The zero-order chi connectivity index (χ0) is 15.7. The summed E-state index contributed by atoms with van der Waals surface area (Å²) in [6.07, 6.45) is 7.26. The second-order valence-electron chi connectivity index (χ2n) is 6.76. The van der Waals surface area contributed by atoms with Crippen molar-refractivity contribution in [2.75, 3.05) is 14.1 Å². The van der Waals surface area contributed by atoms with Gasteiger partial charge in [0.2, 0.25) is 0 Å². The van der Waals surface area contributed by atoms with Crippen LogP contribution in [0.1, 0.15) is 49.7 Å². The summed E-state index contributed by atoms with van der Waals surface area (Å²) in [6.45, 7) is 2.29. The Morgan fingerprint density at radius 3 is 2.86 bits per heavy atom. The molecule has 0 aliphatic heterocycles. The monoisotopic (exact) mass is 295 g/mol. The van der Waals surface area contributed by atoms with Gasteiger partial charge in [-0.15, -0.1) is 0 Å². The second-order valence-corrected chi connectivity index (χ2v) is 6.76. The Bertz CT molecular complexity index is 692. The van der Waals surface area contributed by atoms with Crippen LogP contribution in [-0.2, 0) is 0 Å². The molecule has 1 fully saturated rings. The predicted octanol–water partition coefficient (Wildman–Crippen LogP) is 4.26. The van der Waals surface area contributed by atoms with Gasteiger partial charge >= 0.3 is 0 Å². The molecule has 1 heterocycles. The maximum atomic E-state index is 9.17. The van der Waals surface area contributed by atoms with Crippen molar-refractivity contribution in [3.8, 4) is 6.07 Å². The minimum atomic E-state index is 0.607. The van der Waals surface area contributed by atoms with E-state index in [2.05, 4.69) is 43.2 Å². The minimum absolute atomic E-state index is 0.607. The summed E-state index contributed by atoms with van der Waals surface area (Å²) in [4.78, 5) is 5.79. The lowest BCUT2D eigenvalue weighted by Gasteiger charge is -2.33. The molecule has 0 saturated heterocycles. The molecule has 1 aromatic heterocycles. The summed E-state index contributed by atoms with van der Waals surface area (Å²) in [5.41, 5.74) is 3.31. The molecule has 3 heteroatoms. The van der Waals surface area contributed by atoms with E-state index in [0.717, 1.165) is 11.1 Å². The molecule has 0 radical (unpaired) electrons. The number of H-pyrrole nitrogens is 1. The normalized spacial score (nSPS) is 23.0. The summed E-state index contributed by atoms with van der Waals surface area (Å²) in [5, 5.41) is 10.4. The van der Waals surface area contributed by atoms with E-state index in [1.165, 1.54) is 36.6 Å². The largest absolute Gasteiger partial charge is 0.361 e. The number of nitriles is 1. The van der Waals surface area contributed by atoms with Crippen molar-refractivity contribution in [3.05, 3.63) is 35.5 Å². The number of aromatic amines is 1. The lowest BCUT2D eigenvalue weighted by Crippen LogP contribution is -2.35. The number of fused-ring (bicyclic) bond motifs is 1. The van der Waals surface area contributed by atoms with E-state index in [1.807, 2.05) is 18.2 Å². The van der Waals surface area contributed by atoms with Crippen molar-refractivity contribution >= 4 is 10.9 Å². The molecule has 2 aromatic rings. The summed E-state index contributed by atoms with van der Waals surface area (Å²) in [7, 11) is 4.40. The quantitative estimate of drug-likeness (QED) is 0.915. The first-order valence-corrected chi connectivity index (χ1v) is 8.33. The molecular formula is C19H25N3. The number of hydrogen-bond donors (Lipinski definition) is 1. The van der Waals surface area contributed by atoms with Crippen molar-refractivity contribution in [1.29, 1.82) is 5.26 Å². The number of nitrogens with zero attached hydrogens (tertiary/aromatic N) is 2. The SMILES string of the molecule is CCC(C1CCCC1c1c[nH]c2ccc(C#N)cc12)N(C)C. The van der Waals surface area contributed by atoms with Crippen LogP contribution in [0.25, 0.3) is 10.9 Å². The van der Waals surface area contributed by atoms with E-state index < -0.39 is 0 Å². The first-order valence-electron chi connectivity index (χ1n) is 8.33. The van der Waals surface area contributed by atoms with Crippen LogP contribution in [0.2, 0.25) is 0 Å². The number of rotatable bonds is 4. The number of benzene rings is 1. The van der Waals surface area contributed by atoms with Crippen molar-refractivity contribution in [2.24, 2.45) is 5.92 Å². The van der Waals surface area contributed by atoms with Gasteiger partial charge in [-0.05, 0) is 69.0 Å². The Balaban J connectivity index is 2.01. The highest BCUT2D eigenvalue weighted by Gasteiger charge is 2.35. The first-order chi connectivity index (χ1) is 10.7. The second kappa shape index (κ2) is 6.14. The van der Waals surface area contributed by atoms with Gasteiger partial charge in [0.1, 0.15) is 0 Å². The average molecular weight is 295 g/mol. The van der Waals surface area contributed by atoms with E-state index in [4.69, 9.17) is 0 Å². The minimum Gasteiger partial charge on any atom is -0.361 e. The van der Waals surface area contributed by atoms with E-state index >= 15 is 0 Å². The molecule has 1 saturated carbocycles. The molecule has 3 unspecified atom stereocenters. The van der Waals surface area contributed by atoms with Crippen LogP contribution in [0.3, 0.4) is 0 Å². The molecule has 0 amide bonds. The van der Waals surface area contributed by atoms with E-state index in [1.54, 1.807) is 0 Å². The molecule has 1 aliphatic rings. The summed E-state index contributed by atoms with van der Waals surface area (Å²) in [6, 6.07) is 8.88. The molecule has 116 valence electrons. The van der Waals surface area contributed by atoms with E-state index in [0.29, 0.717) is 17.9 Å². The lowest BCUT2D eigenvalue weighted by atomic mass is 9.82. The fourth-order valence-electron chi connectivity index (χ4n) is 4.40. The summed E-state index contributed by atoms with van der Waals surface area (Å²) < 4.78 is 0. The highest BCUT2D eigenvalue weighted by Crippen LogP contribution is 2.45. The molecule has 3 rings (SSSR count). The number of nitrogens with one attached hydrogen (secondary N) is 1. The van der Waals surface area contributed by atoms with Gasteiger partial charge in [-0.1, -0.05) is 13.3 Å². The molecule has 1 aliphatic carbocycles. The Labute approximate surface area is 132 Å². The van der Waals surface area contributed by atoms with Gasteiger partial charge in [0, 0.05) is 23.1 Å². The third kappa shape index (κ3) is 2.53. The highest BCUT2D eigenvalue weighted by molar-refractivity contribution is 5.85. The van der Waals surface area contributed by atoms with Crippen LogP contribution < -0.4 is 0 Å². The van der Waals surface area contributed by atoms with Crippen molar-refractivity contribution < 1.29 is 0 Å². The van der Waals surface area contributed by atoms with Gasteiger partial charge in [-0.3, -0.25) is 0 Å². The van der Waals surface area contributed by atoms with Gasteiger partial charge < -0.3 is 9.88 Å². The molecule has 1 N–H and O–H groups in total. The highest BCUT2D eigenvalue weighted by atomic mass is 15.1. The van der Waals surface area contributed by atoms with Crippen LogP contribution in [0.5, 0.6) is 0 Å². The fraction of sp³-hybridized carbons (Fsp3) is 0.526. The molecule has 3 nitrogen and oxygen atoms in total. The van der Waals surface area contributed by atoms with Gasteiger partial charge in [-0.25, -0.2) is 0 Å². The molecule has 0 bridgehead atoms. The van der Waals surface area contributed by atoms with E-state index in [9.17, 15) is 5.26 Å². The smallest absolute Gasteiger partial charge is 0.0991 e. The Morgan fingerprint density at radius 2 is 2.18 bits per heavy atom. The van der Waals surface area contributed by atoms with Crippen molar-refractivity contribution in [1.82, 2.24) is 9.88 Å². The number of aromatic nitrogens is 1. The Morgan fingerprint density at radius 1 is 1.36 bits per heavy atom. The van der Waals surface area contributed by atoms with Crippen LogP contribution in [0.4, 0.5) is 0 Å². The van der Waals surface area contributed by atoms with Crippen molar-refractivity contribution in [3.63, 3.8) is 0 Å². The van der Waals surface area contributed by atoms with Gasteiger partial charge in [0.25, 0.3) is 0 Å². The lowest BCUT2D eigenvalue weighted by molar-refractivity contribution is 0.192. The molecule has 3 atom stereocenters. The first kappa shape index (κ1) is 15.1. The molecular weight excluding hydrogens is 270 g/mol. The third-order valence-electron chi connectivity index (χ3n) is 5.39. The molecule has 22 heavy (non-hydrogen) atoms. The third-order valence-corrected chi connectivity index (χ3v) is 5.39. The van der Waals surface area contributed by atoms with Gasteiger partial charge in [0.05, 0.1) is 11.6 Å². The zero-order valence-electron chi connectivity index (χ0n) is 13.8. The van der Waals surface area contributed by atoms with Crippen LogP contribution >= 0.6 is 0 Å². The van der Waals surface area contributed by atoms with Gasteiger partial charge in [-0.2, -0.15) is 5.26 Å². The maximum Gasteiger partial charge on any atom is 0.0991 e. The molecule has 1 aromatic carbocycles. The predicted molar refractivity (Wildman–Crippen MR) is 90.9 cm³/mol. The van der Waals surface area contributed by atoms with Crippen LogP contribution in [0.15, 0.2) is 24.4 Å². The average Bonchev–Trinajstić information content (AvgIpc) is 3.13. The summed E-state index contributed by atoms with van der Waals surface area (Å²) in [5.74, 6) is 1.32. The fourth-order valence-corrected chi connectivity index (χ4v) is 4.40.